The molecule has 1 N–H and O–H groups in total. The predicted octanol–water partition coefficient (Wildman–Crippen LogP) is 9.77. The molecule has 8 rings (SSSR count). The number of nitrogens with one attached hydrogen (secondary N) is 1. The minimum Gasteiger partial charge on any atom is -0.497 e. The second-order valence-corrected chi connectivity index (χ2v) is 21.5. The molecule has 3 heterocycles. The van der Waals surface area contributed by atoms with E-state index in [4.69, 9.17) is 32.9 Å². The first-order valence-electron chi connectivity index (χ1n) is 23.5. The van der Waals surface area contributed by atoms with E-state index in [0.717, 1.165) is 42.6 Å². The van der Waals surface area contributed by atoms with Crippen molar-refractivity contribution in [3.8, 4) is 11.5 Å². The molecular weight excluding hydrogens is 960 g/mol. The maximum absolute atomic E-state index is 14.3. The van der Waals surface area contributed by atoms with E-state index in [0.29, 0.717) is 39.7 Å². The Morgan fingerprint density at radius 3 is 1.92 bits per heavy atom. The van der Waals surface area contributed by atoms with Crippen molar-refractivity contribution in [2.75, 3.05) is 71.1 Å². The number of anilines is 1. The molecule has 6 aromatic rings. The number of rotatable bonds is 23. The van der Waals surface area contributed by atoms with Crippen LogP contribution in [0.2, 0.25) is 0 Å². The van der Waals surface area contributed by atoms with E-state index in [1.807, 2.05) is 115 Å². The summed E-state index contributed by atoms with van der Waals surface area (Å²) >= 11 is 2.97. The zero-order valence-corrected chi connectivity index (χ0v) is 42.7. The largest absolute Gasteiger partial charge is 0.497 e. The van der Waals surface area contributed by atoms with Crippen LogP contribution in [0, 0.1) is 6.92 Å². The Kier molecular flexibility index (Phi) is 18.5. The highest BCUT2D eigenvalue weighted by molar-refractivity contribution is 8.53. The maximum Gasteiger partial charge on any atom is 0.351 e. The Morgan fingerprint density at radius 1 is 0.746 bits per heavy atom. The first-order chi connectivity index (χ1) is 34.7. The highest BCUT2D eigenvalue weighted by Gasteiger charge is 2.51. The van der Waals surface area contributed by atoms with Crippen molar-refractivity contribution in [1.29, 1.82) is 0 Å². The number of carbonyl (C=O) groups is 2. The van der Waals surface area contributed by atoms with E-state index in [1.54, 1.807) is 70.1 Å². The fourth-order valence-electron chi connectivity index (χ4n) is 8.62. The molecule has 14 nitrogen and oxygen atoms in total. The number of hydrogen-bond acceptors (Lipinski definition) is 14. The standard InChI is InChI=1S/C54H59N4O10PS2/c1-38-36-58(53(61)56-49(38)55-50(59)39-16-8-5-9-17-39)51-48(65-33-32-62-2)47(68-69(57-30-14-15-31-57)71-35-34-70-52(60)40-18-10-6-11-19-40)46(67-51)37-66-54(41-20-12-7-13-21-41,42-22-26-44(63-3)27-23-42)43-24-28-45(64-4)29-25-43/h5-13,16-29,36,46-48,51H,14-15,30-35,37H2,1-4H3,(H,55,56,59,61)/t46-,47?,48?,51-,69?/m1/s1. The number of hydrogen-bond donors (Lipinski definition) is 1. The molecule has 0 spiro atoms. The van der Waals surface area contributed by atoms with Crippen molar-refractivity contribution in [2.45, 2.75) is 49.9 Å². The number of benzene rings is 5. The van der Waals surface area contributed by atoms with Crippen LogP contribution in [0.3, 0.4) is 0 Å². The first-order valence-corrected chi connectivity index (χ1v) is 27.3. The Bertz CT molecular complexity index is 2650. The van der Waals surface area contributed by atoms with Crippen LogP contribution in [0.5, 0.6) is 11.5 Å². The summed E-state index contributed by atoms with van der Waals surface area (Å²) in [5, 5.41) is 2.83. The Hall–Kier alpha value is -5.39. The molecule has 0 radical (unpaired) electrons. The molecule has 2 fully saturated rings. The van der Waals surface area contributed by atoms with E-state index < -0.39 is 49.2 Å². The number of amides is 1. The smallest absolute Gasteiger partial charge is 0.351 e. The number of methoxy groups -OCH3 is 3. The maximum atomic E-state index is 14.3. The summed E-state index contributed by atoms with van der Waals surface area (Å²) in [5.74, 6) is 2.33. The molecule has 2 aliphatic heterocycles. The summed E-state index contributed by atoms with van der Waals surface area (Å²) in [4.78, 5) is 45.1. The van der Waals surface area contributed by atoms with E-state index >= 15 is 0 Å². The van der Waals surface area contributed by atoms with Gasteiger partial charge in [-0.05, 0) is 72.9 Å². The first kappa shape index (κ1) is 51.9. The fraction of sp³-hybridized carbons (Fsp3) is 0.333. The molecule has 0 bridgehead atoms. The van der Waals surface area contributed by atoms with Gasteiger partial charge in [0.2, 0.25) is 5.12 Å². The van der Waals surface area contributed by atoms with Crippen molar-refractivity contribution in [1.82, 2.24) is 14.2 Å². The molecule has 71 heavy (non-hydrogen) atoms. The molecule has 1 amide bonds. The van der Waals surface area contributed by atoms with E-state index in [2.05, 4.69) is 15.0 Å². The molecule has 1 aromatic heterocycles. The summed E-state index contributed by atoms with van der Waals surface area (Å²) in [6, 6.07) is 43.7. The summed E-state index contributed by atoms with van der Waals surface area (Å²) < 4.78 is 49.1. The predicted molar refractivity (Wildman–Crippen MR) is 280 cm³/mol. The number of thioether (sulfide) groups is 1. The quantitative estimate of drug-likeness (QED) is 0.0369. The zero-order chi connectivity index (χ0) is 49.6. The van der Waals surface area contributed by atoms with Crippen LogP contribution in [-0.2, 0) is 29.1 Å². The molecular formula is C54H59N4O10PS2. The number of carbonyl (C=O) groups excluding carboxylic acids is 2. The normalized spacial score (nSPS) is 18.5. The van der Waals surface area contributed by atoms with Crippen LogP contribution in [0.15, 0.2) is 151 Å². The van der Waals surface area contributed by atoms with Gasteiger partial charge < -0.3 is 38.3 Å². The minimum atomic E-state index is -1.35. The SMILES string of the molecule is COCCOC1C(OP(SCCSC(=O)c2ccccc2)N2CCCC2)[C@@H](COC(c2ccccc2)(c2ccc(OC)cc2)c2ccc(OC)cc2)O[C@H]1n1cc(C)c(NC(=O)c2ccccc2)nc1=O. The molecule has 5 atom stereocenters. The average molecular weight is 1020 g/mol. The number of aromatic nitrogens is 2. The molecule has 2 aliphatic rings. The Morgan fingerprint density at radius 2 is 1.32 bits per heavy atom. The van der Waals surface area contributed by atoms with Crippen LogP contribution in [0.4, 0.5) is 5.82 Å². The summed E-state index contributed by atoms with van der Waals surface area (Å²) in [6.45, 7) is 3.86. The third kappa shape index (κ3) is 12.6. The lowest BCUT2D eigenvalue weighted by Gasteiger charge is -2.38. The van der Waals surface area contributed by atoms with E-state index in [1.165, 1.54) is 16.3 Å². The second kappa shape index (κ2) is 25.3. The van der Waals surface area contributed by atoms with Crippen LogP contribution >= 0.6 is 30.6 Å². The number of ether oxygens (including phenoxy) is 6. The molecule has 5 aromatic carbocycles. The topological polar surface area (TPSA) is 149 Å². The third-order valence-electron chi connectivity index (χ3n) is 12.3. The molecule has 3 unspecified atom stereocenters. The molecule has 2 saturated heterocycles. The zero-order valence-electron chi connectivity index (χ0n) is 40.2. The van der Waals surface area contributed by atoms with Gasteiger partial charge in [-0.2, -0.15) is 4.98 Å². The molecule has 17 heteroatoms. The van der Waals surface area contributed by atoms with Gasteiger partial charge in [0.25, 0.3) is 5.91 Å². The molecule has 0 aliphatic carbocycles. The van der Waals surface area contributed by atoms with Gasteiger partial charge >= 0.3 is 5.69 Å². The average Bonchev–Trinajstić information content (AvgIpc) is 4.08. The monoisotopic (exact) mass is 1020 g/mol. The van der Waals surface area contributed by atoms with Gasteiger partial charge in [0.1, 0.15) is 41.2 Å². The minimum absolute atomic E-state index is 0.0177. The van der Waals surface area contributed by atoms with E-state index in [-0.39, 0.29) is 30.8 Å². The Labute approximate surface area is 424 Å². The lowest BCUT2D eigenvalue weighted by molar-refractivity contribution is -0.0989. The van der Waals surface area contributed by atoms with Crippen LogP contribution in [0.1, 0.15) is 62.0 Å². The van der Waals surface area contributed by atoms with Gasteiger partial charge in [0.15, 0.2) is 13.7 Å². The van der Waals surface area contributed by atoms with Crippen molar-refractivity contribution in [3.05, 3.63) is 190 Å². The van der Waals surface area contributed by atoms with Gasteiger partial charge in [-0.3, -0.25) is 18.8 Å². The van der Waals surface area contributed by atoms with Gasteiger partial charge in [-0.1, -0.05) is 126 Å². The van der Waals surface area contributed by atoms with Crippen molar-refractivity contribution in [3.63, 3.8) is 0 Å². The van der Waals surface area contributed by atoms with Gasteiger partial charge in [-0.25, -0.2) is 4.79 Å². The lowest BCUT2D eigenvalue weighted by Crippen LogP contribution is -2.42. The van der Waals surface area contributed by atoms with Crippen LogP contribution < -0.4 is 20.5 Å². The number of aryl methyl sites for hydroxylation is 1. The van der Waals surface area contributed by atoms with Crippen LogP contribution in [0.25, 0.3) is 0 Å². The molecule has 372 valence electrons. The van der Waals surface area contributed by atoms with Gasteiger partial charge in [-0.15, -0.1) is 0 Å². The highest BCUT2D eigenvalue weighted by atomic mass is 32.7. The summed E-state index contributed by atoms with van der Waals surface area (Å²) in [5.41, 5.74) is 2.28. The van der Waals surface area contributed by atoms with Crippen LogP contribution in [-0.4, -0.2) is 109 Å². The second-order valence-electron chi connectivity index (χ2n) is 16.8. The summed E-state index contributed by atoms with van der Waals surface area (Å²) in [6.07, 6.45) is 0.151. The third-order valence-corrected chi connectivity index (χ3v) is 17.5. The Balaban J connectivity index is 1.18. The van der Waals surface area contributed by atoms with Gasteiger partial charge in [0.05, 0.1) is 34.0 Å². The van der Waals surface area contributed by atoms with Crippen molar-refractivity contribution < 1.29 is 42.5 Å². The van der Waals surface area contributed by atoms with E-state index in [9.17, 15) is 14.4 Å². The summed E-state index contributed by atoms with van der Waals surface area (Å²) in [7, 11) is 3.51. The molecule has 0 saturated carbocycles. The highest BCUT2D eigenvalue weighted by Crippen LogP contribution is 2.58. The fourth-order valence-corrected chi connectivity index (χ4v) is 13.9. The number of nitrogens with zero attached hydrogens (tertiary/aromatic N) is 3. The van der Waals surface area contributed by atoms with Gasteiger partial charge in [0, 0.05) is 54.6 Å². The lowest BCUT2D eigenvalue weighted by atomic mass is 9.80. The van der Waals surface area contributed by atoms with Crippen molar-refractivity contribution in [2.24, 2.45) is 0 Å². The van der Waals surface area contributed by atoms with Crippen molar-refractivity contribution >= 4 is 47.5 Å².